The summed E-state index contributed by atoms with van der Waals surface area (Å²) in [4.78, 5) is 40.6. The fraction of sp³-hybridized carbons (Fsp3) is 0.824. The van der Waals surface area contributed by atoms with Gasteiger partial charge >= 0.3 is 0 Å². The predicted octanol–water partition coefficient (Wildman–Crippen LogP) is 0.284. The monoisotopic (exact) mass is 337 g/mol. The number of hydrogen-bond acceptors (Lipinski definition) is 4. The summed E-state index contributed by atoms with van der Waals surface area (Å²) in [6, 6.07) is -0.525. The molecule has 3 heterocycles. The molecule has 0 aromatic heterocycles. The Labute approximate surface area is 142 Å². The third kappa shape index (κ3) is 3.71. The lowest BCUT2D eigenvalue weighted by Gasteiger charge is -2.30. The van der Waals surface area contributed by atoms with Crippen molar-refractivity contribution < 1.29 is 19.1 Å². The minimum atomic E-state index is -0.417. The average molecular weight is 337 g/mol. The number of methoxy groups -OCH3 is 1. The van der Waals surface area contributed by atoms with Crippen molar-refractivity contribution in [2.75, 3.05) is 26.7 Å². The highest BCUT2D eigenvalue weighted by Gasteiger charge is 2.42. The Hall–Kier alpha value is -1.63. The zero-order valence-corrected chi connectivity index (χ0v) is 14.3. The number of ether oxygens (including phenoxy) is 1. The van der Waals surface area contributed by atoms with Crippen molar-refractivity contribution in [3.8, 4) is 0 Å². The second kappa shape index (κ2) is 7.51. The summed E-state index contributed by atoms with van der Waals surface area (Å²) >= 11 is 0. The number of nitrogens with zero attached hydrogens (tertiary/aromatic N) is 2. The number of rotatable bonds is 4. The molecule has 3 amide bonds. The lowest BCUT2D eigenvalue weighted by Crippen LogP contribution is -2.49. The molecule has 7 nitrogen and oxygen atoms in total. The molecule has 3 rings (SSSR count). The molecular weight excluding hydrogens is 310 g/mol. The fourth-order valence-electron chi connectivity index (χ4n) is 3.99. The van der Waals surface area contributed by atoms with Crippen LogP contribution in [0.3, 0.4) is 0 Å². The van der Waals surface area contributed by atoms with Crippen molar-refractivity contribution in [3.63, 3.8) is 0 Å². The van der Waals surface area contributed by atoms with E-state index in [2.05, 4.69) is 5.32 Å². The molecule has 0 spiro atoms. The molecule has 0 aliphatic carbocycles. The summed E-state index contributed by atoms with van der Waals surface area (Å²) in [6.07, 6.45) is 5.00. The largest absolute Gasteiger partial charge is 0.380 e. The molecule has 3 aliphatic rings. The summed E-state index contributed by atoms with van der Waals surface area (Å²) in [6.45, 7) is 2.03. The van der Waals surface area contributed by atoms with Crippen LogP contribution >= 0.6 is 0 Å². The topological polar surface area (TPSA) is 79.0 Å². The molecule has 134 valence electrons. The third-order valence-corrected chi connectivity index (χ3v) is 5.36. The summed E-state index contributed by atoms with van der Waals surface area (Å²) in [5.41, 5.74) is 0. The van der Waals surface area contributed by atoms with Crippen LogP contribution in [0.1, 0.15) is 44.9 Å². The zero-order valence-electron chi connectivity index (χ0n) is 14.3. The van der Waals surface area contributed by atoms with Gasteiger partial charge in [0.25, 0.3) is 0 Å². The Morgan fingerprint density at radius 2 is 2.00 bits per heavy atom. The quantitative estimate of drug-likeness (QED) is 0.799. The van der Waals surface area contributed by atoms with Crippen molar-refractivity contribution in [1.29, 1.82) is 0 Å². The van der Waals surface area contributed by atoms with Gasteiger partial charge in [0.05, 0.1) is 6.10 Å². The number of carbonyl (C=O) groups is 3. The fourth-order valence-corrected chi connectivity index (χ4v) is 3.99. The van der Waals surface area contributed by atoms with Gasteiger partial charge in [0, 0.05) is 52.0 Å². The first-order valence-corrected chi connectivity index (χ1v) is 8.99. The van der Waals surface area contributed by atoms with E-state index in [0.717, 1.165) is 38.8 Å². The van der Waals surface area contributed by atoms with Gasteiger partial charge < -0.3 is 19.9 Å². The van der Waals surface area contributed by atoms with E-state index in [4.69, 9.17) is 4.74 Å². The van der Waals surface area contributed by atoms with Gasteiger partial charge in [-0.15, -0.1) is 0 Å². The van der Waals surface area contributed by atoms with Gasteiger partial charge in [-0.2, -0.15) is 0 Å². The molecule has 1 N–H and O–H groups in total. The number of likely N-dealkylation sites (tertiary alicyclic amines) is 2. The second-order valence-electron chi connectivity index (χ2n) is 7.05. The molecule has 0 aromatic carbocycles. The number of piperidine rings is 1. The SMILES string of the molecule is CO[C@H]1C[C@@H](C(=O)N2CCCC2)N(C(=O)CC2CCCC(=O)N2)C1. The highest BCUT2D eigenvalue weighted by atomic mass is 16.5. The molecule has 0 aromatic rings. The summed E-state index contributed by atoms with van der Waals surface area (Å²) in [5.74, 6) is 0.00677. The molecule has 3 aliphatic heterocycles. The summed E-state index contributed by atoms with van der Waals surface area (Å²) in [5, 5.41) is 2.88. The van der Waals surface area contributed by atoms with Crippen LogP contribution in [0.2, 0.25) is 0 Å². The summed E-state index contributed by atoms with van der Waals surface area (Å²) in [7, 11) is 1.62. The van der Waals surface area contributed by atoms with E-state index in [-0.39, 0.29) is 36.3 Å². The Kier molecular flexibility index (Phi) is 5.38. The molecule has 0 saturated carbocycles. The van der Waals surface area contributed by atoms with Crippen LogP contribution < -0.4 is 5.32 Å². The van der Waals surface area contributed by atoms with E-state index in [9.17, 15) is 14.4 Å². The van der Waals surface area contributed by atoms with Gasteiger partial charge in [0.2, 0.25) is 17.7 Å². The van der Waals surface area contributed by atoms with Crippen LogP contribution in [0.5, 0.6) is 0 Å². The molecule has 0 bridgehead atoms. The number of hydrogen-bond donors (Lipinski definition) is 1. The maximum atomic E-state index is 12.8. The van der Waals surface area contributed by atoms with E-state index in [0.29, 0.717) is 19.4 Å². The van der Waals surface area contributed by atoms with Crippen molar-refractivity contribution in [2.24, 2.45) is 0 Å². The number of carbonyl (C=O) groups excluding carboxylic acids is 3. The normalized spacial score (nSPS) is 30.5. The smallest absolute Gasteiger partial charge is 0.245 e. The molecule has 1 unspecified atom stereocenters. The molecule has 7 heteroatoms. The first-order valence-electron chi connectivity index (χ1n) is 8.99. The molecule has 3 fully saturated rings. The van der Waals surface area contributed by atoms with Gasteiger partial charge in [-0.25, -0.2) is 0 Å². The van der Waals surface area contributed by atoms with Crippen molar-refractivity contribution in [2.45, 2.75) is 63.1 Å². The Balaban J connectivity index is 1.64. The van der Waals surface area contributed by atoms with E-state index in [1.807, 2.05) is 4.90 Å². The Morgan fingerprint density at radius 1 is 1.25 bits per heavy atom. The molecule has 3 atom stereocenters. The van der Waals surface area contributed by atoms with Crippen molar-refractivity contribution >= 4 is 17.7 Å². The van der Waals surface area contributed by atoms with Crippen molar-refractivity contribution in [3.05, 3.63) is 0 Å². The number of nitrogens with one attached hydrogen (secondary N) is 1. The highest BCUT2D eigenvalue weighted by molar-refractivity contribution is 5.89. The van der Waals surface area contributed by atoms with Gasteiger partial charge in [-0.05, 0) is 25.7 Å². The summed E-state index contributed by atoms with van der Waals surface area (Å²) < 4.78 is 5.41. The molecule has 24 heavy (non-hydrogen) atoms. The van der Waals surface area contributed by atoms with Crippen molar-refractivity contribution in [1.82, 2.24) is 15.1 Å². The maximum absolute atomic E-state index is 12.8. The van der Waals surface area contributed by atoms with E-state index >= 15 is 0 Å². The van der Waals surface area contributed by atoms with Crippen LogP contribution in [0.15, 0.2) is 0 Å². The molecule has 3 saturated heterocycles. The highest BCUT2D eigenvalue weighted by Crippen LogP contribution is 2.25. The first-order chi connectivity index (χ1) is 11.6. The number of amides is 3. The van der Waals surface area contributed by atoms with Crippen LogP contribution in [0, 0.1) is 0 Å². The molecule has 0 radical (unpaired) electrons. The van der Waals surface area contributed by atoms with Gasteiger partial charge in [0.1, 0.15) is 6.04 Å². The average Bonchev–Trinajstić information content (AvgIpc) is 3.24. The maximum Gasteiger partial charge on any atom is 0.245 e. The first kappa shape index (κ1) is 17.2. The van der Waals surface area contributed by atoms with E-state index < -0.39 is 6.04 Å². The van der Waals surface area contributed by atoms with E-state index in [1.54, 1.807) is 12.0 Å². The molecular formula is C17H27N3O4. The minimum Gasteiger partial charge on any atom is -0.380 e. The van der Waals surface area contributed by atoms with E-state index in [1.165, 1.54) is 0 Å². The zero-order chi connectivity index (χ0) is 17.1. The Morgan fingerprint density at radius 3 is 2.67 bits per heavy atom. The van der Waals surface area contributed by atoms with Gasteiger partial charge in [-0.1, -0.05) is 0 Å². The standard InChI is InChI=1S/C17H27N3O4/c1-24-13-10-14(17(23)19-7-2-3-8-19)20(11-13)16(22)9-12-5-4-6-15(21)18-12/h12-14H,2-11H2,1H3,(H,18,21)/t12?,13-,14-/m0/s1. The van der Waals surface area contributed by atoms with Crippen LogP contribution in [-0.4, -0.2) is 72.5 Å². The van der Waals surface area contributed by atoms with Crippen LogP contribution in [-0.2, 0) is 19.1 Å². The van der Waals surface area contributed by atoms with Crippen LogP contribution in [0.25, 0.3) is 0 Å². The van der Waals surface area contributed by atoms with Crippen LogP contribution in [0.4, 0.5) is 0 Å². The lowest BCUT2D eigenvalue weighted by atomic mass is 10.0. The van der Waals surface area contributed by atoms with Gasteiger partial charge in [-0.3, -0.25) is 14.4 Å². The second-order valence-corrected chi connectivity index (χ2v) is 7.05. The lowest BCUT2D eigenvalue weighted by molar-refractivity contribution is -0.143. The predicted molar refractivity (Wildman–Crippen MR) is 87.1 cm³/mol. The Bertz CT molecular complexity index is 504. The van der Waals surface area contributed by atoms with Gasteiger partial charge in [0.15, 0.2) is 0 Å². The minimum absolute atomic E-state index is 0.0138. The third-order valence-electron chi connectivity index (χ3n) is 5.36.